The molecule has 2 N–H and O–H groups in total. The molecule has 6 rings (SSSR count). The number of nitrogens with one attached hydrogen (secondary N) is 1. The summed E-state index contributed by atoms with van der Waals surface area (Å²) in [5.41, 5.74) is -1.85. The summed E-state index contributed by atoms with van der Waals surface area (Å²) >= 11 is 6.39. The highest BCUT2D eigenvalue weighted by atomic mass is 35.5. The Morgan fingerprint density at radius 1 is 0.825 bits per heavy atom. The normalized spacial score (nSPS) is 23.6. The van der Waals surface area contributed by atoms with E-state index in [0.29, 0.717) is 11.3 Å². The third-order valence-electron chi connectivity index (χ3n) is 7.53. The van der Waals surface area contributed by atoms with Crippen LogP contribution in [0.15, 0.2) is 92.0 Å². The van der Waals surface area contributed by atoms with E-state index in [0.717, 1.165) is 17.7 Å². The molecule has 3 aliphatic carbocycles. The van der Waals surface area contributed by atoms with Crippen molar-refractivity contribution in [2.45, 2.75) is 18.1 Å². The van der Waals surface area contributed by atoms with E-state index in [1.807, 2.05) is 0 Å². The zero-order chi connectivity index (χ0) is 28.8. The van der Waals surface area contributed by atoms with Gasteiger partial charge in [-0.1, -0.05) is 73.3 Å². The zero-order valence-corrected chi connectivity index (χ0v) is 22.1. The van der Waals surface area contributed by atoms with Gasteiger partial charge in [-0.05, 0) is 30.7 Å². The largest absolute Gasteiger partial charge is 0.481 e. The summed E-state index contributed by atoms with van der Waals surface area (Å²) in [6, 6.07) is 18.0. The van der Waals surface area contributed by atoms with Crippen LogP contribution in [0.4, 0.5) is 5.69 Å². The van der Waals surface area contributed by atoms with Gasteiger partial charge in [-0.2, -0.15) is 0 Å². The lowest BCUT2D eigenvalue weighted by Crippen LogP contribution is -2.67. The van der Waals surface area contributed by atoms with E-state index in [2.05, 4.69) is 18.5 Å². The number of aliphatic carboxylic acids is 1. The van der Waals surface area contributed by atoms with Crippen LogP contribution in [0.2, 0.25) is 5.02 Å². The van der Waals surface area contributed by atoms with Crippen molar-refractivity contribution in [3.63, 3.8) is 0 Å². The number of carbonyl (C=O) groups is 4. The second-order valence-corrected chi connectivity index (χ2v) is 9.99. The van der Waals surface area contributed by atoms with E-state index in [4.69, 9.17) is 21.1 Å². The van der Waals surface area contributed by atoms with Gasteiger partial charge in [0.1, 0.15) is 11.8 Å². The summed E-state index contributed by atoms with van der Waals surface area (Å²) in [5.74, 6) is -7.37. The SMILES string of the molecule is C=CC(=O)OC12c3ccccc3C(OC(=O)C=C)(c3ccc(Cl)cc31)C(C(=O)Nc1ccccc1C)C2C(=O)O. The highest BCUT2D eigenvalue weighted by molar-refractivity contribution is 6.30. The predicted octanol–water partition coefficient (Wildman–Crippen LogP) is 4.88. The number of hydrogen-bond acceptors (Lipinski definition) is 6. The van der Waals surface area contributed by atoms with E-state index in [9.17, 15) is 24.3 Å². The van der Waals surface area contributed by atoms with Crippen LogP contribution < -0.4 is 5.32 Å². The molecule has 3 aromatic rings. The minimum atomic E-state index is -2.02. The summed E-state index contributed by atoms with van der Waals surface area (Å²) in [5, 5.41) is 13.8. The third-order valence-corrected chi connectivity index (χ3v) is 7.76. The van der Waals surface area contributed by atoms with Crippen LogP contribution in [0.1, 0.15) is 27.8 Å². The van der Waals surface area contributed by atoms with Crippen molar-refractivity contribution >= 4 is 41.1 Å². The summed E-state index contributed by atoms with van der Waals surface area (Å²) in [7, 11) is 0. The maximum absolute atomic E-state index is 14.3. The molecule has 0 saturated carbocycles. The second-order valence-electron chi connectivity index (χ2n) is 9.55. The maximum atomic E-state index is 14.3. The van der Waals surface area contributed by atoms with Gasteiger partial charge < -0.3 is 19.9 Å². The molecule has 0 heterocycles. The summed E-state index contributed by atoms with van der Waals surface area (Å²) in [4.78, 5) is 53.4. The average molecular weight is 558 g/mol. The van der Waals surface area contributed by atoms with Crippen LogP contribution in [0.25, 0.3) is 0 Å². The fourth-order valence-electron chi connectivity index (χ4n) is 6.03. The van der Waals surface area contributed by atoms with E-state index in [-0.39, 0.29) is 21.7 Å². The number of ether oxygens (including phenoxy) is 2. The van der Waals surface area contributed by atoms with E-state index in [1.165, 1.54) is 12.1 Å². The molecule has 40 heavy (non-hydrogen) atoms. The first-order valence-corrected chi connectivity index (χ1v) is 12.7. The van der Waals surface area contributed by atoms with Crippen molar-refractivity contribution in [2.75, 3.05) is 5.32 Å². The van der Waals surface area contributed by atoms with Crippen molar-refractivity contribution in [1.29, 1.82) is 0 Å². The molecule has 9 heteroatoms. The number of para-hydroxylation sites is 1. The highest BCUT2D eigenvalue weighted by Gasteiger charge is 2.73. The quantitative estimate of drug-likeness (QED) is 0.314. The van der Waals surface area contributed by atoms with Gasteiger partial charge in [0.05, 0.1) is 0 Å². The molecular weight excluding hydrogens is 534 g/mol. The first kappa shape index (κ1) is 26.9. The Morgan fingerprint density at radius 3 is 1.90 bits per heavy atom. The molecule has 0 aromatic heterocycles. The molecule has 0 saturated heterocycles. The first-order chi connectivity index (χ1) is 19.1. The molecule has 1 amide bonds. The lowest BCUT2D eigenvalue weighted by Gasteiger charge is -2.59. The number of rotatable bonds is 7. The maximum Gasteiger partial charge on any atom is 0.331 e. The topological polar surface area (TPSA) is 119 Å². The Hall–Kier alpha value is -4.69. The molecule has 3 aromatic carbocycles. The number of esters is 2. The highest BCUT2D eigenvalue weighted by Crippen LogP contribution is 2.65. The molecule has 0 aliphatic heterocycles. The number of hydrogen-bond donors (Lipinski definition) is 2. The van der Waals surface area contributed by atoms with Crippen LogP contribution in [-0.4, -0.2) is 28.9 Å². The van der Waals surface area contributed by atoms with Crippen molar-refractivity contribution in [2.24, 2.45) is 11.8 Å². The van der Waals surface area contributed by atoms with Crippen molar-refractivity contribution in [3.8, 4) is 0 Å². The Morgan fingerprint density at radius 2 is 1.35 bits per heavy atom. The van der Waals surface area contributed by atoms with E-state index >= 15 is 0 Å². The summed E-state index contributed by atoms with van der Waals surface area (Å²) in [6.07, 6.45) is 1.85. The second kappa shape index (κ2) is 9.81. The third kappa shape index (κ3) is 3.75. The number of carboxylic acid groups (broad SMARTS) is 1. The van der Waals surface area contributed by atoms with Crippen LogP contribution in [0, 0.1) is 18.8 Å². The number of fused-ring (bicyclic) bond motifs is 1. The number of amides is 1. The number of carboxylic acids is 1. The van der Waals surface area contributed by atoms with Gasteiger partial charge in [-0.25, -0.2) is 9.59 Å². The van der Waals surface area contributed by atoms with Crippen LogP contribution in [-0.2, 0) is 39.9 Å². The average Bonchev–Trinajstić information content (AvgIpc) is 2.94. The minimum Gasteiger partial charge on any atom is -0.481 e. The fraction of sp³-hybridized carbons (Fsp3) is 0.161. The number of halogens is 1. The number of carbonyl (C=O) groups excluding carboxylic acids is 3. The predicted molar refractivity (Wildman–Crippen MR) is 146 cm³/mol. The van der Waals surface area contributed by atoms with Gasteiger partial charge in [0, 0.05) is 45.1 Å². The summed E-state index contributed by atoms with van der Waals surface area (Å²) in [6.45, 7) is 8.77. The summed E-state index contributed by atoms with van der Waals surface area (Å²) < 4.78 is 12.1. The molecule has 8 nitrogen and oxygen atoms in total. The molecular formula is C31H24ClNO7. The lowest BCUT2D eigenvalue weighted by atomic mass is 9.49. The van der Waals surface area contributed by atoms with Crippen LogP contribution in [0.3, 0.4) is 0 Å². The minimum absolute atomic E-state index is 0.179. The van der Waals surface area contributed by atoms with Crippen LogP contribution in [0.5, 0.6) is 0 Å². The molecule has 0 spiro atoms. The Balaban J connectivity index is 1.92. The molecule has 202 valence electrons. The van der Waals surface area contributed by atoms with Crippen molar-refractivity contribution < 1.29 is 33.8 Å². The van der Waals surface area contributed by atoms with Gasteiger partial charge in [0.15, 0.2) is 11.2 Å². The Bertz CT molecular complexity index is 1610. The van der Waals surface area contributed by atoms with Gasteiger partial charge >= 0.3 is 17.9 Å². The van der Waals surface area contributed by atoms with E-state index < -0.39 is 46.9 Å². The fourth-order valence-corrected chi connectivity index (χ4v) is 6.20. The van der Waals surface area contributed by atoms with Gasteiger partial charge in [0.25, 0.3) is 0 Å². The van der Waals surface area contributed by atoms with Gasteiger partial charge in [-0.15, -0.1) is 0 Å². The molecule has 0 radical (unpaired) electrons. The molecule has 4 atom stereocenters. The zero-order valence-electron chi connectivity index (χ0n) is 21.3. The van der Waals surface area contributed by atoms with Crippen LogP contribution >= 0.6 is 11.6 Å². The first-order valence-electron chi connectivity index (χ1n) is 12.3. The number of benzene rings is 3. The number of aryl methyl sites for hydroxylation is 1. The monoisotopic (exact) mass is 557 g/mol. The molecule has 0 fully saturated rings. The standard InChI is InChI=1S/C31H24ClNO7/c1-4-24(34)39-30-19-11-7-8-12-20(19)31(40-25(35)5-2,22-16-18(32)14-15-21(22)30)27(29(37)38)26(30)28(36)33-23-13-9-6-10-17(23)3/h4-16,26-27H,1-2H2,3H3,(H,33,36)(H,37,38). The lowest BCUT2D eigenvalue weighted by molar-refractivity contribution is -0.199. The van der Waals surface area contributed by atoms with Gasteiger partial charge in [0.2, 0.25) is 5.91 Å². The Kier molecular flexibility index (Phi) is 6.59. The smallest absolute Gasteiger partial charge is 0.331 e. The Labute approximate surface area is 234 Å². The molecule has 2 bridgehead atoms. The molecule has 4 unspecified atom stereocenters. The van der Waals surface area contributed by atoms with E-state index in [1.54, 1.807) is 61.5 Å². The molecule has 3 aliphatic rings. The van der Waals surface area contributed by atoms with Crippen molar-refractivity contribution in [1.82, 2.24) is 0 Å². The number of anilines is 1. The van der Waals surface area contributed by atoms with Crippen molar-refractivity contribution in [3.05, 3.63) is 125 Å². The van der Waals surface area contributed by atoms with Gasteiger partial charge in [-0.3, -0.25) is 9.59 Å².